The second kappa shape index (κ2) is 13.2. The molecule has 3 amide bonds. The van der Waals surface area contributed by atoms with Crippen LogP contribution in [0.1, 0.15) is 18.4 Å². The first-order valence-corrected chi connectivity index (χ1v) is 14.0. The fourth-order valence-electron chi connectivity index (χ4n) is 4.11. The molecule has 2 N–H and O–H groups in total. The Hall–Kier alpha value is -2.67. The summed E-state index contributed by atoms with van der Waals surface area (Å²) in [7, 11) is 2.61. The number of carbonyl (C=O) groups excluding carboxylic acids is 4. The number of nitrogens with zero attached hydrogens (tertiary/aromatic N) is 1. The van der Waals surface area contributed by atoms with Gasteiger partial charge < -0.3 is 33.5 Å². The zero-order valence-electron chi connectivity index (χ0n) is 20.3. The molecule has 1 saturated carbocycles. The number of rotatable bonds is 12. The molecule has 1 aromatic carbocycles. The first-order chi connectivity index (χ1) is 17.6. The first kappa shape index (κ1) is 28.9. The summed E-state index contributed by atoms with van der Waals surface area (Å²) in [6.45, 7) is -3.84. The van der Waals surface area contributed by atoms with E-state index in [4.69, 9.17) is 35.1 Å². The molecule has 1 aliphatic carbocycles. The van der Waals surface area contributed by atoms with Crippen LogP contribution in [0.25, 0.3) is 0 Å². The largest absolute Gasteiger partial charge is 0.508 e. The molecule has 2 aliphatic rings. The minimum absolute atomic E-state index is 0.0301. The molecule has 12 nitrogen and oxygen atoms in total. The number of carbonyl (C=O) groups is 4. The molecule has 1 aliphatic heterocycles. The van der Waals surface area contributed by atoms with Crippen LogP contribution in [-0.4, -0.2) is 79.3 Å². The number of methoxy groups -OCH3 is 1. The maximum Gasteiger partial charge on any atom is 0.508 e. The molecule has 202 valence electrons. The summed E-state index contributed by atoms with van der Waals surface area (Å²) in [4.78, 5) is 59.4. The van der Waals surface area contributed by atoms with Crippen LogP contribution < -0.4 is 5.32 Å². The Labute approximate surface area is 219 Å². The van der Waals surface area contributed by atoms with Gasteiger partial charge in [-0.25, -0.2) is 4.79 Å². The maximum atomic E-state index is 12.6. The predicted octanol–water partition coefficient (Wildman–Crippen LogP) is 1.42. The van der Waals surface area contributed by atoms with Gasteiger partial charge in [0.05, 0.1) is 6.04 Å². The van der Waals surface area contributed by atoms with Crippen molar-refractivity contribution < 1.29 is 47.3 Å². The minimum atomic E-state index is -3.63. The number of ether oxygens (including phenoxy) is 3. The molecule has 0 spiro atoms. The standard InChI is InChI=1S/C23H29N2O10PS/c1-31-22-17(24-18(26)10-11-25-19(27)8-9-20(25)28)12-16(21(22)35-36(30,37)32-2)14-34-23(29)33-13-15-6-4-3-5-7-15/h3-9,16-17,21-22H,10-14H2,1-2H3,(H,24,26)(H,30,37)/t16-,17+,21+,22?,36?/m1/s1. The lowest BCUT2D eigenvalue weighted by molar-refractivity contribution is -0.137. The Morgan fingerprint density at radius 3 is 2.41 bits per heavy atom. The van der Waals surface area contributed by atoms with E-state index in [0.29, 0.717) is 0 Å². The van der Waals surface area contributed by atoms with Crippen molar-refractivity contribution in [2.75, 3.05) is 27.4 Å². The average molecular weight is 557 g/mol. The maximum absolute atomic E-state index is 12.6. The SMILES string of the molecule is COC1[C@@H](NC(=O)CCN2C(=O)C=CC2=O)C[C@H](COC(=O)OCc2ccccc2)[C@@H]1OP(O)(=S)OC. The Morgan fingerprint density at radius 2 is 1.78 bits per heavy atom. The van der Waals surface area contributed by atoms with E-state index >= 15 is 0 Å². The molecule has 37 heavy (non-hydrogen) atoms. The molecule has 0 radical (unpaired) electrons. The van der Waals surface area contributed by atoms with Gasteiger partial charge in [-0.2, -0.15) is 0 Å². The van der Waals surface area contributed by atoms with Gasteiger partial charge >= 0.3 is 12.9 Å². The van der Waals surface area contributed by atoms with E-state index < -0.39 is 54.8 Å². The molecule has 2 unspecified atom stereocenters. The number of imide groups is 1. The Morgan fingerprint density at radius 1 is 1.11 bits per heavy atom. The van der Waals surface area contributed by atoms with Crippen LogP contribution in [0.4, 0.5) is 4.79 Å². The van der Waals surface area contributed by atoms with E-state index in [0.717, 1.165) is 22.6 Å². The van der Waals surface area contributed by atoms with E-state index in [2.05, 4.69) is 5.32 Å². The molecule has 1 aromatic rings. The lowest BCUT2D eigenvalue weighted by Gasteiger charge is -2.28. The summed E-state index contributed by atoms with van der Waals surface area (Å²) in [6, 6.07) is 8.47. The van der Waals surface area contributed by atoms with Crippen LogP contribution >= 0.6 is 6.72 Å². The molecule has 14 heteroatoms. The zero-order chi connectivity index (χ0) is 27.0. The molecular formula is C23H29N2O10PS. The number of amides is 3. The second-order valence-corrected chi connectivity index (χ2v) is 11.2. The second-order valence-electron chi connectivity index (χ2n) is 8.34. The van der Waals surface area contributed by atoms with Crippen LogP contribution in [0.3, 0.4) is 0 Å². The molecule has 3 rings (SSSR count). The quantitative estimate of drug-likeness (QED) is 0.219. The smallest absolute Gasteiger partial charge is 0.434 e. The van der Waals surface area contributed by atoms with Crippen LogP contribution in [0.2, 0.25) is 0 Å². The van der Waals surface area contributed by atoms with Gasteiger partial charge in [0, 0.05) is 45.3 Å². The fourth-order valence-corrected chi connectivity index (χ4v) is 5.10. The molecule has 1 fully saturated rings. The molecule has 1 heterocycles. The molecule has 0 aromatic heterocycles. The van der Waals surface area contributed by atoms with E-state index in [1.54, 1.807) is 12.1 Å². The van der Waals surface area contributed by atoms with Gasteiger partial charge in [0.25, 0.3) is 11.8 Å². The van der Waals surface area contributed by atoms with Gasteiger partial charge in [-0.1, -0.05) is 30.3 Å². The average Bonchev–Trinajstić information content (AvgIpc) is 3.37. The van der Waals surface area contributed by atoms with Crippen molar-refractivity contribution in [3.05, 3.63) is 48.0 Å². The van der Waals surface area contributed by atoms with Crippen molar-refractivity contribution in [1.29, 1.82) is 0 Å². The van der Waals surface area contributed by atoms with Gasteiger partial charge in [0.15, 0.2) is 0 Å². The van der Waals surface area contributed by atoms with E-state index in [-0.39, 0.29) is 32.6 Å². The van der Waals surface area contributed by atoms with E-state index in [9.17, 15) is 24.1 Å². The third kappa shape index (κ3) is 8.16. The van der Waals surface area contributed by atoms with Crippen molar-refractivity contribution in [2.24, 2.45) is 5.92 Å². The third-order valence-electron chi connectivity index (χ3n) is 5.92. The highest BCUT2D eigenvalue weighted by Gasteiger charge is 2.48. The van der Waals surface area contributed by atoms with E-state index in [1.165, 1.54) is 14.2 Å². The van der Waals surface area contributed by atoms with Crippen molar-refractivity contribution in [3.63, 3.8) is 0 Å². The van der Waals surface area contributed by atoms with Gasteiger partial charge in [-0.15, -0.1) is 0 Å². The molecule has 0 saturated heterocycles. The van der Waals surface area contributed by atoms with Crippen LogP contribution in [0.5, 0.6) is 0 Å². The minimum Gasteiger partial charge on any atom is -0.434 e. The van der Waals surface area contributed by atoms with Crippen molar-refractivity contribution >= 4 is 42.4 Å². The van der Waals surface area contributed by atoms with Gasteiger partial charge in [-0.05, 0) is 23.8 Å². The fraction of sp³-hybridized carbons (Fsp3) is 0.478. The zero-order valence-corrected chi connectivity index (χ0v) is 22.0. The monoisotopic (exact) mass is 556 g/mol. The third-order valence-corrected chi connectivity index (χ3v) is 7.60. The molecule has 0 bridgehead atoms. The van der Waals surface area contributed by atoms with Crippen LogP contribution in [0, 0.1) is 5.92 Å². The van der Waals surface area contributed by atoms with Crippen molar-refractivity contribution in [2.45, 2.75) is 37.7 Å². The Kier molecular flexibility index (Phi) is 10.3. The number of hydrogen-bond donors (Lipinski definition) is 2. The highest BCUT2D eigenvalue weighted by Crippen LogP contribution is 2.48. The van der Waals surface area contributed by atoms with E-state index in [1.807, 2.05) is 18.2 Å². The number of benzene rings is 1. The Bertz CT molecular complexity index is 1050. The molecular weight excluding hydrogens is 527 g/mol. The van der Waals surface area contributed by atoms with Gasteiger partial charge in [0.1, 0.15) is 25.4 Å². The topological polar surface area (TPSA) is 150 Å². The van der Waals surface area contributed by atoms with Crippen molar-refractivity contribution in [3.8, 4) is 0 Å². The number of nitrogens with one attached hydrogen (secondary N) is 1. The van der Waals surface area contributed by atoms with Crippen LogP contribution in [0.15, 0.2) is 42.5 Å². The molecule has 5 atom stereocenters. The highest BCUT2D eigenvalue weighted by atomic mass is 32.5. The lowest BCUT2D eigenvalue weighted by Crippen LogP contribution is -2.45. The summed E-state index contributed by atoms with van der Waals surface area (Å²) in [5, 5.41) is 2.80. The summed E-state index contributed by atoms with van der Waals surface area (Å²) in [5.41, 5.74) is 0.790. The van der Waals surface area contributed by atoms with Crippen LogP contribution in [-0.2, 0) is 56.1 Å². The summed E-state index contributed by atoms with van der Waals surface area (Å²) >= 11 is 4.99. The van der Waals surface area contributed by atoms with Gasteiger partial charge in [-0.3, -0.25) is 19.3 Å². The van der Waals surface area contributed by atoms with Crippen molar-refractivity contribution in [1.82, 2.24) is 10.2 Å². The normalized spacial score (nSPS) is 24.7. The summed E-state index contributed by atoms with van der Waals surface area (Å²) in [6.07, 6.45) is -0.121. The number of hydrogen-bond acceptors (Lipinski definition) is 10. The summed E-state index contributed by atoms with van der Waals surface area (Å²) in [5.74, 6) is -1.93. The highest BCUT2D eigenvalue weighted by molar-refractivity contribution is 8.07. The lowest BCUT2D eigenvalue weighted by atomic mass is 10.1. The first-order valence-electron chi connectivity index (χ1n) is 11.4. The van der Waals surface area contributed by atoms with Gasteiger partial charge in [0.2, 0.25) is 5.91 Å². The summed E-state index contributed by atoms with van der Waals surface area (Å²) < 4.78 is 26.5. The Balaban J connectivity index is 1.60. The predicted molar refractivity (Wildman–Crippen MR) is 132 cm³/mol.